The van der Waals surface area contributed by atoms with Crippen molar-refractivity contribution in [1.82, 2.24) is 0 Å². The van der Waals surface area contributed by atoms with Crippen molar-refractivity contribution in [1.29, 1.82) is 0 Å². The molecule has 0 aromatic heterocycles. The SMILES string of the molecule is COC(C)(CN=C1CCCc2ccc(NC(=O)OC(C)(C)C)cc2N1)OC. The predicted molar refractivity (Wildman–Crippen MR) is 108 cm³/mol. The number of nitrogens with one attached hydrogen (secondary N) is 2. The number of hydrogen-bond donors (Lipinski definition) is 2. The van der Waals surface area contributed by atoms with Gasteiger partial charge in [0.1, 0.15) is 11.4 Å². The first-order valence-electron chi connectivity index (χ1n) is 9.18. The van der Waals surface area contributed by atoms with Crippen molar-refractivity contribution in [3.63, 3.8) is 0 Å². The van der Waals surface area contributed by atoms with Gasteiger partial charge in [0.2, 0.25) is 0 Å². The number of carbonyl (C=O) groups excluding carboxylic acids is 1. The van der Waals surface area contributed by atoms with Crippen LogP contribution in [0.15, 0.2) is 23.2 Å². The Hall–Kier alpha value is -2.12. The summed E-state index contributed by atoms with van der Waals surface area (Å²) in [6.45, 7) is 7.75. The summed E-state index contributed by atoms with van der Waals surface area (Å²) in [5, 5.41) is 6.17. The normalized spacial score (nSPS) is 16.3. The van der Waals surface area contributed by atoms with E-state index in [1.165, 1.54) is 5.56 Å². The Morgan fingerprint density at radius 2 is 1.89 bits per heavy atom. The Labute approximate surface area is 161 Å². The molecule has 0 unspecified atom stereocenters. The molecule has 1 aliphatic heterocycles. The number of anilines is 2. The lowest BCUT2D eigenvalue weighted by atomic mass is 10.1. The molecule has 2 N–H and O–H groups in total. The zero-order chi connectivity index (χ0) is 20.1. The van der Waals surface area contributed by atoms with Gasteiger partial charge in [0.25, 0.3) is 0 Å². The number of ether oxygens (including phenoxy) is 3. The highest BCUT2D eigenvalue weighted by molar-refractivity contribution is 5.97. The summed E-state index contributed by atoms with van der Waals surface area (Å²) in [4.78, 5) is 16.6. The van der Waals surface area contributed by atoms with Crippen molar-refractivity contribution < 1.29 is 19.0 Å². The summed E-state index contributed by atoms with van der Waals surface area (Å²) in [5.41, 5.74) is 2.27. The van der Waals surface area contributed by atoms with Crippen LogP contribution in [0.1, 0.15) is 46.1 Å². The summed E-state index contributed by atoms with van der Waals surface area (Å²) < 4.78 is 16.0. The molecule has 1 aromatic rings. The van der Waals surface area contributed by atoms with E-state index in [-0.39, 0.29) is 0 Å². The van der Waals surface area contributed by atoms with Gasteiger partial charge >= 0.3 is 6.09 Å². The fourth-order valence-electron chi connectivity index (χ4n) is 2.64. The minimum absolute atomic E-state index is 0.396. The fourth-order valence-corrected chi connectivity index (χ4v) is 2.64. The van der Waals surface area contributed by atoms with Gasteiger partial charge in [-0.05, 0) is 58.2 Å². The molecule has 0 radical (unpaired) electrons. The number of rotatable bonds is 5. The first kappa shape index (κ1) is 21.2. The van der Waals surface area contributed by atoms with E-state index in [1.54, 1.807) is 14.2 Å². The second-order valence-corrected chi connectivity index (χ2v) is 7.78. The van der Waals surface area contributed by atoms with Crippen LogP contribution in [0.5, 0.6) is 0 Å². The molecule has 1 amide bonds. The number of carbonyl (C=O) groups is 1. The second-order valence-electron chi connectivity index (χ2n) is 7.78. The van der Waals surface area contributed by atoms with Crippen LogP contribution >= 0.6 is 0 Å². The molecule has 1 heterocycles. The number of nitrogens with zero attached hydrogens (tertiary/aromatic N) is 1. The number of amides is 1. The van der Waals surface area contributed by atoms with Crippen molar-refractivity contribution in [3.05, 3.63) is 23.8 Å². The molecule has 0 saturated heterocycles. The Morgan fingerprint density at radius 1 is 1.19 bits per heavy atom. The summed E-state index contributed by atoms with van der Waals surface area (Å²) in [5.74, 6) is 0.132. The van der Waals surface area contributed by atoms with Crippen molar-refractivity contribution in [2.75, 3.05) is 31.4 Å². The molecule has 7 heteroatoms. The first-order chi connectivity index (χ1) is 12.6. The van der Waals surface area contributed by atoms with Crippen LogP contribution < -0.4 is 10.6 Å². The Morgan fingerprint density at radius 3 is 2.52 bits per heavy atom. The maximum atomic E-state index is 12.0. The molecule has 7 nitrogen and oxygen atoms in total. The Kier molecular flexibility index (Phi) is 6.84. The molecule has 1 aromatic carbocycles. The van der Waals surface area contributed by atoms with Crippen LogP contribution in [0.2, 0.25) is 0 Å². The lowest BCUT2D eigenvalue weighted by Gasteiger charge is -2.24. The molecule has 150 valence electrons. The summed E-state index contributed by atoms with van der Waals surface area (Å²) in [6.07, 6.45) is 2.31. The quantitative estimate of drug-likeness (QED) is 0.752. The highest BCUT2D eigenvalue weighted by Gasteiger charge is 2.23. The van der Waals surface area contributed by atoms with Gasteiger partial charge in [-0.15, -0.1) is 0 Å². The number of fused-ring (bicyclic) bond motifs is 1. The predicted octanol–water partition coefficient (Wildman–Crippen LogP) is 4.19. The van der Waals surface area contributed by atoms with Gasteiger partial charge < -0.3 is 19.5 Å². The number of aryl methyl sites for hydroxylation is 1. The molecule has 0 spiro atoms. The van der Waals surface area contributed by atoms with Crippen molar-refractivity contribution in [2.45, 2.75) is 58.3 Å². The highest BCUT2D eigenvalue weighted by atomic mass is 16.7. The molecular formula is C20H31N3O4. The summed E-state index contributed by atoms with van der Waals surface area (Å²) in [7, 11) is 3.21. The average molecular weight is 377 g/mol. The number of methoxy groups -OCH3 is 2. The molecule has 0 aliphatic carbocycles. The van der Waals surface area contributed by atoms with Gasteiger partial charge in [0.15, 0.2) is 5.79 Å². The van der Waals surface area contributed by atoms with E-state index in [4.69, 9.17) is 14.2 Å². The van der Waals surface area contributed by atoms with Crippen LogP contribution in [-0.2, 0) is 20.6 Å². The molecule has 2 rings (SSSR count). The van der Waals surface area contributed by atoms with E-state index in [2.05, 4.69) is 15.6 Å². The molecule has 0 bridgehead atoms. The largest absolute Gasteiger partial charge is 0.444 e. The summed E-state index contributed by atoms with van der Waals surface area (Å²) in [6, 6.07) is 5.82. The number of aliphatic imine (C=N–C) groups is 1. The lowest BCUT2D eigenvalue weighted by Crippen LogP contribution is -2.34. The van der Waals surface area contributed by atoms with E-state index in [0.717, 1.165) is 30.8 Å². The van der Waals surface area contributed by atoms with Gasteiger partial charge in [0.05, 0.1) is 6.54 Å². The van der Waals surface area contributed by atoms with Crippen molar-refractivity contribution in [3.8, 4) is 0 Å². The van der Waals surface area contributed by atoms with Gasteiger partial charge in [-0.2, -0.15) is 0 Å². The zero-order valence-electron chi connectivity index (χ0n) is 17.1. The van der Waals surface area contributed by atoms with Gasteiger partial charge in [0, 0.05) is 32.0 Å². The molecular weight excluding hydrogens is 346 g/mol. The van der Waals surface area contributed by atoms with Gasteiger partial charge in [-0.1, -0.05) is 6.07 Å². The maximum absolute atomic E-state index is 12.0. The third-order valence-corrected chi connectivity index (χ3v) is 4.31. The van der Waals surface area contributed by atoms with Crippen LogP contribution in [0.3, 0.4) is 0 Å². The second kappa shape index (κ2) is 8.71. The number of hydrogen-bond acceptors (Lipinski definition) is 5. The Bertz CT molecular complexity index is 691. The smallest absolute Gasteiger partial charge is 0.412 e. The topological polar surface area (TPSA) is 81.2 Å². The van der Waals surface area contributed by atoms with Crippen LogP contribution in [-0.4, -0.2) is 44.1 Å². The lowest BCUT2D eigenvalue weighted by molar-refractivity contribution is -0.184. The fraction of sp³-hybridized carbons (Fsp3) is 0.600. The average Bonchev–Trinajstić information content (AvgIpc) is 2.79. The van der Waals surface area contributed by atoms with E-state index in [1.807, 2.05) is 45.9 Å². The minimum atomic E-state index is -0.746. The first-order valence-corrected chi connectivity index (χ1v) is 9.18. The van der Waals surface area contributed by atoms with E-state index >= 15 is 0 Å². The van der Waals surface area contributed by atoms with Crippen molar-refractivity contribution >= 4 is 23.3 Å². The van der Waals surface area contributed by atoms with Crippen LogP contribution in [0.25, 0.3) is 0 Å². The minimum Gasteiger partial charge on any atom is -0.444 e. The zero-order valence-corrected chi connectivity index (χ0v) is 17.1. The summed E-state index contributed by atoms with van der Waals surface area (Å²) >= 11 is 0. The van der Waals surface area contributed by atoms with Crippen LogP contribution in [0.4, 0.5) is 16.2 Å². The van der Waals surface area contributed by atoms with E-state index < -0.39 is 17.5 Å². The third kappa shape index (κ3) is 6.52. The monoisotopic (exact) mass is 377 g/mol. The molecule has 0 fully saturated rings. The number of amidine groups is 1. The van der Waals surface area contributed by atoms with Gasteiger partial charge in [-0.25, -0.2) is 4.79 Å². The van der Waals surface area contributed by atoms with Crippen LogP contribution in [0, 0.1) is 0 Å². The Balaban J connectivity index is 2.12. The molecule has 0 atom stereocenters. The van der Waals surface area contributed by atoms with E-state index in [9.17, 15) is 4.79 Å². The van der Waals surface area contributed by atoms with Crippen molar-refractivity contribution in [2.24, 2.45) is 4.99 Å². The molecule has 0 saturated carbocycles. The van der Waals surface area contributed by atoms with E-state index in [0.29, 0.717) is 12.2 Å². The standard InChI is InChI=1S/C20H31N3O4/c1-19(2,3)27-18(24)22-15-11-10-14-8-7-9-17(23-16(14)12-15)21-13-20(4,25-5)26-6/h10-12H,7-9,13H2,1-6H3,(H,21,23)(H,22,24). The molecule has 1 aliphatic rings. The van der Waals surface area contributed by atoms with Gasteiger partial charge in [-0.3, -0.25) is 10.3 Å². The maximum Gasteiger partial charge on any atom is 0.412 e. The number of benzene rings is 1. The third-order valence-electron chi connectivity index (χ3n) is 4.31. The highest BCUT2D eigenvalue weighted by Crippen LogP contribution is 2.26. The molecule has 27 heavy (non-hydrogen) atoms.